The molecule has 0 aromatic heterocycles. The Balaban J connectivity index is 2.30. The van der Waals surface area contributed by atoms with Crippen LogP contribution in [0.3, 0.4) is 0 Å². The summed E-state index contributed by atoms with van der Waals surface area (Å²) >= 11 is 0. The molecule has 0 heterocycles. The third-order valence-corrected chi connectivity index (χ3v) is 4.14. The van der Waals surface area contributed by atoms with E-state index in [0.717, 1.165) is 6.42 Å². The number of hydrogen-bond donors (Lipinski definition) is 2. The summed E-state index contributed by atoms with van der Waals surface area (Å²) in [5, 5.41) is 0. The Morgan fingerprint density at radius 2 is 1.95 bits per heavy atom. The first-order valence-corrected chi connectivity index (χ1v) is 8.44. The number of benzene rings is 1. The molecule has 0 atom stereocenters. The number of anilines is 1. The number of hydrogen-bond acceptors (Lipinski definition) is 4. The minimum Gasteiger partial charge on any atom is -0.398 e. The molecule has 20 heavy (non-hydrogen) atoms. The second kappa shape index (κ2) is 8.24. The van der Waals surface area contributed by atoms with E-state index < -0.39 is 10.0 Å². The molecule has 5 nitrogen and oxygen atoms in total. The molecule has 0 fully saturated rings. The van der Waals surface area contributed by atoms with Crippen molar-refractivity contribution in [2.75, 3.05) is 25.5 Å². The summed E-state index contributed by atoms with van der Waals surface area (Å²) in [5.41, 5.74) is 6.84. The molecule has 0 amide bonds. The molecule has 6 heteroatoms. The molecule has 1 rings (SSSR count). The zero-order valence-electron chi connectivity index (χ0n) is 12.1. The monoisotopic (exact) mass is 300 g/mol. The van der Waals surface area contributed by atoms with Gasteiger partial charge in [-0.2, -0.15) is 0 Å². The number of ether oxygens (including phenoxy) is 1. The maximum Gasteiger partial charge on any atom is 0.215 e. The standard InChI is InChI=1S/C14H24N2O3S/c1-12(2)7-9-19-10-8-16-20(17,18)11-13-5-3-4-6-14(13)15/h3-6,12,16H,7-11,15H2,1-2H3. The minimum absolute atomic E-state index is 0.105. The first kappa shape index (κ1) is 16.9. The molecule has 0 saturated carbocycles. The molecule has 3 N–H and O–H groups in total. The van der Waals surface area contributed by atoms with Crippen LogP contribution >= 0.6 is 0 Å². The van der Waals surface area contributed by atoms with Crippen molar-refractivity contribution < 1.29 is 13.2 Å². The number of para-hydroxylation sites is 1. The highest BCUT2D eigenvalue weighted by Crippen LogP contribution is 2.13. The topological polar surface area (TPSA) is 81.4 Å². The van der Waals surface area contributed by atoms with E-state index in [1.54, 1.807) is 24.3 Å². The van der Waals surface area contributed by atoms with Crippen LogP contribution in [-0.4, -0.2) is 28.2 Å². The average Bonchev–Trinajstić information content (AvgIpc) is 2.36. The highest BCUT2D eigenvalue weighted by Gasteiger charge is 2.12. The molecular formula is C14H24N2O3S. The molecule has 0 aliphatic rings. The molecule has 1 aromatic carbocycles. The van der Waals surface area contributed by atoms with Crippen LogP contribution in [0.15, 0.2) is 24.3 Å². The lowest BCUT2D eigenvalue weighted by atomic mass is 10.1. The highest BCUT2D eigenvalue weighted by atomic mass is 32.2. The molecule has 0 bridgehead atoms. The van der Waals surface area contributed by atoms with Crippen molar-refractivity contribution in [3.63, 3.8) is 0 Å². The first-order valence-electron chi connectivity index (χ1n) is 6.79. The molecule has 0 aliphatic carbocycles. The third kappa shape index (κ3) is 6.88. The third-order valence-electron chi connectivity index (χ3n) is 2.81. The molecule has 1 aromatic rings. The number of sulfonamides is 1. The molecule has 114 valence electrons. The van der Waals surface area contributed by atoms with Gasteiger partial charge in [0.25, 0.3) is 0 Å². The van der Waals surface area contributed by atoms with Gasteiger partial charge in [0.1, 0.15) is 0 Å². The Morgan fingerprint density at radius 3 is 2.60 bits per heavy atom. The van der Waals surface area contributed by atoms with E-state index in [1.165, 1.54) is 0 Å². The van der Waals surface area contributed by atoms with E-state index in [1.807, 2.05) is 0 Å². The van der Waals surface area contributed by atoms with Crippen molar-refractivity contribution in [3.8, 4) is 0 Å². The van der Waals surface area contributed by atoms with E-state index in [4.69, 9.17) is 10.5 Å². The molecule has 0 unspecified atom stereocenters. The molecule has 0 aliphatic heterocycles. The van der Waals surface area contributed by atoms with Crippen molar-refractivity contribution in [1.82, 2.24) is 4.72 Å². The van der Waals surface area contributed by atoms with Gasteiger partial charge in [-0.1, -0.05) is 32.0 Å². The second-order valence-electron chi connectivity index (χ2n) is 5.15. The van der Waals surface area contributed by atoms with Crippen LogP contribution in [0.2, 0.25) is 0 Å². The zero-order chi connectivity index (χ0) is 15.0. The zero-order valence-corrected chi connectivity index (χ0v) is 12.9. The Morgan fingerprint density at radius 1 is 1.25 bits per heavy atom. The van der Waals surface area contributed by atoms with Crippen LogP contribution in [0.4, 0.5) is 5.69 Å². The van der Waals surface area contributed by atoms with Crippen molar-refractivity contribution >= 4 is 15.7 Å². The number of nitrogen functional groups attached to an aromatic ring is 1. The summed E-state index contributed by atoms with van der Waals surface area (Å²) in [6.07, 6.45) is 0.979. The number of nitrogens with one attached hydrogen (secondary N) is 1. The fourth-order valence-electron chi connectivity index (χ4n) is 1.61. The quantitative estimate of drug-likeness (QED) is 0.538. The van der Waals surface area contributed by atoms with Gasteiger partial charge >= 0.3 is 0 Å². The van der Waals surface area contributed by atoms with Gasteiger partial charge in [0.2, 0.25) is 10.0 Å². The van der Waals surface area contributed by atoms with E-state index in [-0.39, 0.29) is 12.3 Å². The van der Waals surface area contributed by atoms with Crippen LogP contribution in [0.5, 0.6) is 0 Å². The van der Waals surface area contributed by atoms with Gasteiger partial charge in [-0.3, -0.25) is 0 Å². The van der Waals surface area contributed by atoms with Gasteiger partial charge in [-0.05, 0) is 24.0 Å². The summed E-state index contributed by atoms with van der Waals surface area (Å²) in [4.78, 5) is 0. The van der Waals surface area contributed by atoms with Gasteiger partial charge < -0.3 is 10.5 Å². The van der Waals surface area contributed by atoms with E-state index >= 15 is 0 Å². The smallest absolute Gasteiger partial charge is 0.215 e. The van der Waals surface area contributed by atoms with Crippen LogP contribution in [0.25, 0.3) is 0 Å². The number of rotatable bonds is 9. The first-order chi connectivity index (χ1) is 9.41. The van der Waals surface area contributed by atoms with Crippen molar-refractivity contribution in [2.24, 2.45) is 5.92 Å². The Hall–Kier alpha value is -1.11. The van der Waals surface area contributed by atoms with E-state index in [2.05, 4.69) is 18.6 Å². The SMILES string of the molecule is CC(C)CCOCCNS(=O)(=O)Cc1ccccc1N. The summed E-state index contributed by atoms with van der Waals surface area (Å²) in [6, 6.07) is 6.96. The lowest BCUT2D eigenvalue weighted by Crippen LogP contribution is -2.29. The Bertz CT molecular complexity index is 501. The summed E-state index contributed by atoms with van der Waals surface area (Å²) < 4.78 is 31.6. The van der Waals surface area contributed by atoms with Crippen molar-refractivity contribution in [2.45, 2.75) is 26.0 Å². The highest BCUT2D eigenvalue weighted by molar-refractivity contribution is 7.88. The van der Waals surface area contributed by atoms with E-state index in [0.29, 0.717) is 30.4 Å². The predicted octanol–water partition coefficient (Wildman–Crippen LogP) is 1.75. The van der Waals surface area contributed by atoms with Gasteiger partial charge in [-0.25, -0.2) is 13.1 Å². The summed E-state index contributed by atoms with van der Waals surface area (Å²) in [5.74, 6) is 0.485. The van der Waals surface area contributed by atoms with E-state index in [9.17, 15) is 8.42 Å². The fraction of sp³-hybridized carbons (Fsp3) is 0.571. The van der Waals surface area contributed by atoms with Crippen LogP contribution in [0.1, 0.15) is 25.8 Å². The fourth-order valence-corrected chi connectivity index (χ4v) is 2.78. The Kier molecular flexibility index (Phi) is 6.98. The molecule has 0 radical (unpaired) electrons. The van der Waals surface area contributed by atoms with Crippen LogP contribution in [-0.2, 0) is 20.5 Å². The normalized spacial score (nSPS) is 11.9. The maximum absolute atomic E-state index is 11.9. The lowest BCUT2D eigenvalue weighted by molar-refractivity contribution is 0.128. The predicted molar refractivity (Wildman–Crippen MR) is 81.8 cm³/mol. The van der Waals surface area contributed by atoms with Crippen LogP contribution in [0, 0.1) is 5.92 Å². The second-order valence-corrected chi connectivity index (χ2v) is 6.95. The molecule has 0 spiro atoms. The number of nitrogens with two attached hydrogens (primary N) is 1. The van der Waals surface area contributed by atoms with Crippen LogP contribution < -0.4 is 10.5 Å². The molecular weight excluding hydrogens is 276 g/mol. The van der Waals surface area contributed by atoms with Gasteiger partial charge in [0, 0.05) is 18.8 Å². The Labute approximate surface area is 121 Å². The van der Waals surface area contributed by atoms with Crippen molar-refractivity contribution in [3.05, 3.63) is 29.8 Å². The van der Waals surface area contributed by atoms with Crippen molar-refractivity contribution in [1.29, 1.82) is 0 Å². The lowest BCUT2D eigenvalue weighted by Gasteiger charge is -2.09. The van der Waals surface area contributed by atoms with Gasteiger partial charge in [-0.15, -0.1) is 0 Å². The summed E-state index contributed by atoms with van der Waals surface area (Å²) in [7, 11) is -3.37. The average molecular weight is 300 g/mol. The summed E-state index contributed by atoms with van der Waals surface area (Å²) in [6.45, 7) is 5.57. The maximum atomic E-state index is 11.9. The molecule has 0 saturated heterocycles. The van der Waals surface area contributed by atoms with Gasteiger partial charge in [0.15, 0.2) is 0 Å². The largest absolute Gasteiger partial charge is 0.398 e. The minimum atomic E-state index is -3.37. The van der Waals surface area contributed by atoms with Gasteiger partial charge in [0.05, 0.1) is 12.4 Å².